The van der Waals surface area contributed by atoms with E-state index in [1.165, 1.54) is 53.7 Å². The van der Waals surface area contributed by atoms with Gasteiger partial charge in [0, 0.05) is 16.9 Å². The third kappa shape index (κ3) is 5.63. The minimum Gasteiger partial charge on any atom is -0.336 e. The summed E-state index contributed by atoms with van der Waals surface area (Å²) in [4.78, 5) is 2.50. The topological polar surface area (TPSA) is 3.24 Å². The highest BCUT2D eigenvalue weighted by Gasteiger charge is 2.28. The van der Waals surface area contributed by atoms with Crippen molar-refractivity contribution in [2.24, 2.45) is 0 Å². The molecule has 0 aliphatic rings. The van der Waals surface area contributed by atoms with Crippen molar-refractivity contribution in [2.75, 3.05) is 4.90 Å². The lowest BCUT2D eigenvalue weighted by Crippen LogP contribution is -2.40. The first-order valence-corrected chi connectivity index (χ1v) is 12.3. The van der Waals surface area contributed by atoms with Gasteiger partial charge in [0.05, 0.1) is 0 Å². The van der Waals surface area contributed by atoms with E-state index in [-0.39, 0.29) is 11.0 Å². The van der Waals surface area contributed by atoms with Gasteiger partial charge in [-0.3, -0.25) is 0 Å². The van der Waals surface area contributed by atoms with Crippen molar-refractivity contribution in [3.05, 3.63) is 84.4 Å². The SMILES string of the molecule is CCCCC(C)(C)N(c1ccccc1)c1ccc(-c2ccc(C(C)(C)CCC)cc2)cc1. The maximum atomic E-state index is 2.50. The van der Waals surface area contributed by atoms with Gasteiger partial charge in [0.15, 0.2) is 0 Å². The van der Waals surface area contributed by atoms with E-state index in [9.17, 15) is 0 Å². The Labute approximate surface area is 196 Å². The second kappa shape index (κ2) is 10.4. The van der Waals surface area contributed by atoms with Crippen LogP contribution in [0.5, 0.6) is 0 Å². The second-order valence-corrected chi connectivity index (χ2v) is 10.3. The van der Waals surface area contributed by atoms with Crippen LogP contribution >= 0.6 is 0 Å². The molecular formula is C31H41N. The van der Waals surface area contributed by atoms with Crippen LogP contribution in [0.2, 0.25) is 0 Å². The van der Waals surface area contributed by atoms with Crippen LogP contribution in [-0.4, -0.2) is 5.54 Å². The van der Waals surface area contributed by atoms with Crippen LogP contribution in [0, 0.1) is 0 Å². The van der Waals surface area contributed by atoms with E-state index in [1.54, 1.807) is 0 Å². The van der Waals surface area contributed by atoms with Gasteiger partial charge in [-0.05, 0) is 73.1 Å². The Kier molecular flexibility index (Phi) is 7.82. The Balaban J connectivity index is 1.89. The molecule has 0 bridgehead atoms. The van der Waals surface area contributed by atoms with Gasteiger partial charge in [-0.2, -0.15) is 0 Å². The largest absolute Gasteiger partial charge is 0.336 e. The summed E-state index contributed by atoms with van der Waals surface area (Å²) < 4.78 is 0. The Morgan fingerprint density at radius 3 is 1.66 bits per heavy atom. The summed E-state index contributed by atoms with van der Waals surface area (Å²) in [6.45, 7) is 13.9. The molecular weight excluding hydrogens is 386 g/mol. The Morgan fingerprint density at radius 2 is 1.12 bits per heavy atom. The average molecular weight is 428 g/mol. The van der Waals surface area contributed by atoms with Gasteiger partial charge in [0.1, 0.15) is 0 Å². The monoisotopic (exact) mass is 427 g/mol. The smallest absolute Gasteiger partial charge is 0.0416 e. The highest BCUT2D eigenvalue weighted by Crippen LogP contribution is 2.37. The van der Waals surface area contributed by atoms with Crippen molar-refractivity contribution in [1.29, 1.82) is 0 Å². The van der Waals surface area contributed by atoms with E-state index in [4.69, 9.17) is 0 Å². The molecule has 0 N–H and O–H groups in total. The minimum atomic E-state index is 0.0470. The van der Waals surface area contributed by atoms with Crippen LogP contribution in [0.3, 0.4) is 0 Å². The van der Waals surface area contributed by atoms with Crippen molar-refractivity contribution in [2.45, 2.75) is 84.6 Å². The van der Waals surface area contributed by atoms with E-state index in [0.29, 0.717) is 0 Å². The van der Waals surface area contributed by atoms with Gasteiger partial charge < -0.3 is 4.90 Å². The third-order valence-electron chi connectivity index (χ3n) is 6.76. The van der Waals surface area contributed by atoms with Gasteiger partial charge >= 0.3 is 0 Å². The fraction of sp³-hybridized carbons (Fsp3) is 0.419. The molecule has 0 aromatic heterocycles. The number of hydrogen-bond donors (Lipinski definition) is 0. The Bertz CT molecular complexity index is 950. The van der Waals surface area contributed by atoms with Crippen LogP contribution < -0.4 is 4.90 Å². The Morgan fingerprint density at radius 1 is 0.594 bits per heavy atom. The first-order valence-electron chi connectivity index (χ1n) is 12.3. The minimum absolute atomic E-state index is 0.0470. The molecule has 0 spiro atoms. The van der Waals surface area contributed by atoms with Crippen LogP contribution in [0.25, 0.3) is 11.1 Å². The summed E-state index contributed by atoms with van der Waals surface area (Å²) in [5.41, 5.74) is 6.76. The normalized spacial score (nSPS) is 12.1. The molecule has 0 saturated heterocycles. The first-order chi connectivity index (χ1) is 15.3. The van der Waals surface area contributed by atoms with Gasteiger partial charge in [0.2, 0.25) is 0 Å². The van der Waals surface area contributed by atoms with Crippen LogP contribution in [0.15, 0.2) is 78.9 Å². The molecule has 0 atom stereocenters. The van der Waals surface area contributed by atoms with Crippen LogP contribution in [-0.2, 0) is 5.41 Å². The summed E-state index contributed by atoms with van der Waals surface area (Å²) in [5, 5.41) is 0. The van der Waals surface area contributed by atoms with E-state index in [2.05, 4.69) is 125 Å². The fourth-order valence-electron chi connectivity index (χ4n) is 4.83. The van der Waals surface area contributed by atoms with Crippen molar-refractivity contribution in [3.63, 3.8) is 0 Å². The van der Waals surface area contributed by atoms with Gasteiger partial charge in [-0.1, -0.05) is 102 Å². The molecule has 32 heavy (non-hydrogen) atoms. The number of nitrogens with zero attached hydrogens (tertiary/aromatic N) is 1. The number of rotatable bonds is 10. The number of para-hydroxylation sites is 1. The summed E-state index contributed by atoms with van der Waals surface area (Å²) in [6.07, 6.45) is 6.03. The molecule has 0 fully saturated rings. The number of benzene rings is 3. The highest BCUT2D eigenvalue weighted by atomic mass is 15.2. The summed E-state index contributed by atoms with van der Waals surface area (Å²) >= 11 is 0. The molecule has 3 aromatic rings. The van der Waals surface area contributed by atoms with Gasteiger partial charge in [-0.25, -0.2) is 0 Å². The van der Waals surface area contributed by atoms with E-state index in [1.807, 2.05) is 0 Å². The standard InChI is InChI=1S/C31H41N/c1-7-9-24-31(5,6)32(28-13-11-10-12-14-28)29-21-17-26(18-22-29)25-15-19-27(20-16-25)30(3,4)23-8-2/h10-22H,7-9,23-24H2,1-6H3. The summed E-state index contributed by atoms with van der Waals surface area (Å²) in [7, 11) is 0. The van der Waals surface area contributed by atoms with Crippen molar-refractivity contribution in [1.82, 2.24) is 0 Å². The third-order valence-corrected chi connectivity index (χ3v) is 6.76. The highest BCUT2D eigenvalue weighted by molar-refractivity contribution is 5.71. The zero-order valence-electron chi connectivity index (χ0n) is 21.0. The predicted octanol–water partition coefficient (Wildman–Crippen LogP) is 9.54. The molecule has 0 saturated carbocycles. The molecule has 0 aliphatic heterocycles. The average Bonchev–Trinajstić information content (AvgIpc) is 2.79. The molecule has 0 amide bonds. The zero-order chi connectivity index (χ0) is 23.2. The van der Waals surface area contributed by atoms with Crippen molar-refractivity contribution < 1.29 is 0 Å². The molecule has 0 heterocycles. The van der Waals surface area contributed by atoms with E-state index in [0.717, 1.165) is 6.42 Å². The molecule has 0 aliphatic carbocycles. The molecule has 1 nitrogen and oxygen atoms in total. The lowest BCUT2D eigenvalue weighted by molar-refractivity contribution is 0.446. The zero-order valence-corrected chi connectivity index (χ0v) is 21.0. The maximum Gasteiger partial charge on any atom is 0.0416 e. The van der Waals surface area contributed by atoms with Gasteiger partial charge in [0.25, 0.3) is 0 Å². The summed E-state index contributed by atoms with van der Waals surface area (Å²) in [6, 6.07) is 29.1. The molecule has 3 aromatic carbocycles. The number of anilines is 2. The number of unbranched alkanes of at least 4 members (excludes halogenated alkanes) is 1. The van der Waals surface area contributed by atoms with E-state index < -0.39 is 0 Å². The first kappa shape index (κ1) is 24.1. The molecule has 0 radical (unpaired) electrons. The molecule has 0 unspecified atom stereocenters. The fourth-order valence-corrected chi connectivity index (χ4v) is 4.83. The predicted molar refractivity (Wildman–Crippen MR) is 142 cm³/mol. The molecule has 170 valence electrons. The Hall–Kier alpha value is -2.54. The lowest BCUT2D eigenvalue weighted by atomic mass is 9.80. The molecule has 3 rings (SSSR count). The van der Waals surface area contributed by atoms with Crippen molar-refractivity contribution in [3.8, 4) is 11.1 Å². The molecule has 1 heteroatoms. The van der Waals surface area contributed by atoms with Crippen LogP contribution in [0.4, 0.5) is 11.4 Å². The maximum absolute atomic E-state index is 2.50. The van der Waals surface area contributed by atoms with Gasteiger partial charge in [-0.15, -0.1) is 0 Å². The number of hydrogen-bond acceptors (Lipinski definition) is 1. The quantitative estimate of drug-likeness (QED) is 0.311. The lowest BCUT2D eigenvalue weighted by Gasteiger charge is -2.41. The van der Waals surface area contributed by atoms with Crippen molar-refractivity contribution >= 4 is 11.4 Å². The van der Waals surface area contributed by atoms with E-state index >= 15 is 0 Å². The summed E-state index contributed by atoms with van der Waals surface area (Å²) in [5.74, 6) is 0. The second-order valence-electron chi connectivity index (χ2n) is 10.3. The van der Waals surface area contributed by atoms with Crippen LogP contribution in [0.1, 0.15) is 79.2 Å².